The Bertz CT molecular complexity index is 443. The van der Waals surface area contributed by atoms with Crippen LogP contribution >= 0.6 is 0 Å². The number of aliphatic hydroxyl groups is 1. The number of rotatable bonds is 7. The topological polar surface area (TPSA) is 93.5 Å². The van der Waals surface area contributed by atoms with E-state index in [-0.39, 0.29) is 30.7 Å². The Hall–Kier alpha value is -0.960. The number of nitrogens with zero attached hydrogens (tertiary/aromatic N) is 2. The molecule has 1 heterocycles. The first-order chi connectivity index (χ1) is 7.99. The normalized spacial score (nSPS) is 13.8. The highest BCUT2D eigenvalue weighted by Crippen LogP contribution is 2.06. The van der Waals surface area contributed by atoms with Gasteiger partial charge >= 0.3 is 0 Å². The van der Waals surface area contributed by atoms with Gasteiger partial charge in [-0.2, -0.15) is 5.10 Å². The maximum absolute atomic E-state index is 11.8. The summed E-state index contributed by atoms with van der Waals surface area (Å²) < 4.78 is 32.3. The first kappa shape index (κ1) is 14.1. The van der Waals surface area contributed by atoms with Crippen LogP contribution in [0.25, 0.3) is 0 Å². The van der Waals surface area contributed by atoms with Crippen LogP contribution in [-0.2, 0) is 21.3 Å². The zero-order valence-electron chi connectivity index (χ0n) is 9.83. The fraction of sp³-hybridized carbons (Fsp3) is 0.667. The van der Waals surface area contributed by atoms with Crippen LogP contribution in [0, 0.1) is 0 Å². The smallest absolute Gasteiger partial charge is 0.243 e. The summed E-state index contributed by atoms with van der Waals surface area (Å²) in [6.07, 6.45) is 2.42. The number of hydrogen-bond donors (Lipinski definition) is 2. The average molecular weight is 263 g/mol. The monoisotopic (exact) mass is 263 g/mol. The van der Waals surface area contributed by atoms with Gasteiger partial charge in [0.05, 0.1) is 25.5 Å². The predicted octanol–water partition coefficient (Wildman–Crippen LogP) is -0.811. The third kappa shape index (κ3) is 4.08. The van der Waals surface area contributed by atoms with E-state index < -0.39 is 10.0 Å². The summed E-state index contributed by atoms with van der Waals surface area (Å²) in [4.78, 5) is 0.0780. The number of sulfonamides is 1. The zero-order chi connectivity index (χ0) is 12.9. The molecule has 0 aliphatic heterocycles. The molecule has 0 aliphatic rings. The summed E-state index contributed by atoms with van der Waals surface area (Å²) in [7, 11) is -2.05. The van der Waals surface area contributed by atoms with Crippen LogP contribution in [-0.4, -0.2) is 49.7 Å². The molecule has 0 saturated heterocycles. The van der Waals surface area contributed by atoms with Crippen LogP contribution in [0.5, 0.6) is 0 Å². The third-order valence-corrected chi connectivity index (χ3v) is 3.59. The summed E-state index contributed by atoms with van der Waals surface area (Å²) in [6, 6.07) is 0. The van der Waals surface area contributed by atoms with Crippen molar-refractivity contribution in [2.24, 2.45) is 0 Å². The lowest BCUT2D eigenvalue weighted by molar-refractivity contribution is 0.122. The second kappa shape index (κ2) is 6.10. The van der Waals surface area contributed by atoms with Gasteiger partial charge in [-0.05, 0) is 6.92 Å². The summed E-state index contributed by atoms with van der Waals surface area (Å²) in [5, 5.41) is 12.5. The Kier molecular flexibility index (Phi) is 5.06. The lowest BCUT2D eigenvalue weighted by Gasteiger charge is -2.10. The summed E-state index contributed by atoms with van der Waals surface area (Å²) >= 11 is 0. The van der Waals surface area contributed by atoms with Crippen molar-refractivity contribution in [2.75, 3.05) is 20.3 Å². The Balaban J connectivity index is 2.68. The van der Waals surface area contributed by atoms with Crippen LogP contribution in [0.2, 0.25) is 0 Å². The first-order valence-corrected chi connectivity index (χ1v) is 6.63. The van der Waals surface area contributed by atoms with Crippen molar-refractivity contribution in [1.82, 2.24) is 14.5 Å². The lowest BCUT2D eigenvalue weighted by atomic mass is 10.4. The van der Waals surface area contributed by atoms with Crippen molar-refractivity contribution < 1.29 is 18.3 Å². The van der Waals surface area contributed by atoms with Crippen molar-refractivity contribution in [3.05, 3.63) is 12.4 Å². The molecule has 0 fully saturated rings. The molecule has 1 aromatic heterocycles. The van der Waals surface area contributed by atoms with Crippen molar-refractivity contribution >= 4 is 10.0 Å². The Morgan fingerprint density at radius 2 is 2.35 bits per heavy atom. The van der Waals surface area contributed by atoms with Crippen LogP contribution in [0.3, 0.4) is 0 Å². The van der Waals surface area contributed by atoms with Crippen molar-refractivity contribution in [3.8, 4) is 0 Å². The molecule has 1 aromatic rings. The molecular weight excluding hydrogens is 246 g/mol. The molecule has 7 nitrogen and oxygen atoms in total. The summed E-state index contributed by atoms with van der Waals surface area (Å²) in [6.45, 7) is 2.14. The minimum Gasteiger partial charge on any atom is -0.394 e. The molecule has 1 atom stereocenters. The van der Waals surface area contributed by atoms with Crippen molar-refractivity contribution in [2.45, 2.75) is 24.5 Å². The fourth-order valence-electron chi connectivity index (χ4n) is 1.10. The van der Waals surface area contributed by atoms with Crippen molar-refractivity contribution in [3.63, 3.8) is 0 Å². The lowest BCUT2D eigenvalue weighted by Crippen LogP contribution is -2.31. The number of aliphatic hydroxyl groups excluding tert-OH is 1. The first-order valence-electron chi connectivity index (χ1n) is 5.15. The van der Waals surface area contributed by atoms with Gasteiger partial charge in [-0.1, -0.05) is 0 Å². The molecule has 0 aliphatic carbocycles. The Labute approximate surface area is 100 Å². The van der Waals surface area contributed by atoms with E-state index in [1.165, 1.54) is 24.2 Å². The molecule has 0 aromatic carbocycles. The SMILES string of the molecule is COC(C)CNS(=O)(=O)c1cnn(CCO)c1. The van der Waals surface area contributed by atoms with Crippen LogP contribution in [0.1, 0.15) is 6.92 Å². The number of aromatic nitrogens is 2. The molecule has 98 valence electrons. The predicted molar refractivity (Wildman–Crippen MR) is 61.0 cm³/mol. The molecule has 1 rings (SSSR count). The van der Waals surface area contributed by atoms with E-state index in [2.05, 4.69) is 9.82 Å². The van der Waals surface area contributed by atoms with Gasteiger partial charge in [-0.15, -0.1) is 0 Å². The van der Waals surface area contributed by atoms with Gasteiger partial charge in [0.25, 0.3) is 0 Å². The third-order valence-electron chi connectivity index (χ3n) is 2.21. The largest absolute Gasteiger partial charge is 0.394 e. The van der Waals surface area contributed by atoms with E-state index in [1.807, 2.05) is 0 Å². The van der Waals surface area contributed by atoms with Crippen molar-refractivity contribution in [1.29, 1.82) is 0 Å². The maximum Gasteiger partial charge on any atom is 0.243 e. The van der Waals surface area contributed by atoms with Gasteiger partial charge in [0.2, 0.25) is 10.0 Å². The van der Waals surface area contributed by atoms with Crippen LogP contribution in [0.15, 0.2) is 17.3 Å². The van der Waals surface area contributed by atoms with E-state index in [0.717, 1.165) is 0 Å². The Morgan fingerprint density at radius 1 is 1.65 bits per heavy atom. The molecule has 0 amide bonds. The van der Waals surface area contributed by atoms with Crippen LogP contribution in [0.4, 0.5) is 0 Å². The molecule has 1 unspecified atom stereocenters. The Morgan fingerprint density at radius 3 is 2.94 bits per heavy atom. The molecule has 0 saturated carbocycles. The molecule has 2 N–H and O–H groups in total. The van der Waals surface area contributed by atoms with Crippen LogP contribution < -0.4 is 4.72 Å². The number of nitrogens with one attached hydrogen (secondary N) is 1. The summed E-state index contributed by atoms with van der Waals surface area (Å²) in [5.74, 6) is 0. The van der Waals surface area contributed by atoms with E-state index in [9.17, 15) is 8.42 Å². The van der Waals surface area contributed by atoms with Gasteiger partial charge in [-0.3, -0.25) is 4.68 Å². The summed E-state index contributed by atoms with van der Waals surface area (Å²) in [5.41, 5.74) is 0. The second-order valence-corrected chi connectivity index (χ2v) is 5.33. The number of hydrogen-bond acceptors (Lipinski definition) is 5. The molecule has 8 heteroatoms. The highest BCUT2D eigenvalue weighted by Gasteiger charge is 2.17. The van der Waals surface area contributed by atoms with Gasteiger partial charge in [-0.25, -0.2) is 13.1 Å². The van der Waals surface area contributed by atoms with E-state index in [1.54, 1.807) is 6.92 Å². The second-order valence-electron chi connectivity index (χ2n) is 3.56. The van der Waals surface area contributed by atoms with E-state index in [0.29, 0.717) is 0 Å². The fourth-order valence-corrected chi connectivity index (χ4v) is 2.17. The van der Waals surface area contributed by atoms with E-state index >= 15 is 0 Å². The maximum atomic E-state index is 11.8. The average Bonchev–Trinajstić information content (AvgIpc) is 2.76. The standard InChI is InChI=1S/C9H17N3O4S/c1-8(16-2)5-11-17(14,15)9-6-10-12(7-9)3-4-13/h6-8,11,13H,3-5H2,1-2H3. The minimum absolute atomic E-state index is 0.0780. The zero-order valence-corrected chi connectivity index (χ0v) is 10.6. The van der Waals surface area contributed by atoms with Gasteiger partial charge in [0.1, 0.15) is 4.90 Å². The van der Waals surface area contributed by atoms with Gasteiger partial charge in [0.15, 0.2) is 0 Å². The highest BCUT2D eigenvalue weighted by molar-refractivity contribution is 7.89. The number of ether oxygens (including phenoxy) is 1. The van der Waals surface area contributed by atoms with Gasteiger partial charge in [0, 0.05) is 19.9 Å². The molecule has 0 spiro atoms. The highest BCUT2D eigenvalue weighted by atomic mass is 32.2. The molecule has 0 bridgehead atoms. The minimum atomic E-state index is -3.56. The van der Waals surface area contributed by atoms with E-state index in [4.69, 9.17) is 9.84 Å². The van der Waals surface area contributed by atoms with Gasteiger partial charge < -0.3 is 9.84 Å². The number of methoxy groups -OCH3 is 1. The molecule has 0 radical (unpaired) electrons. The molecular formula is C9H17N3O4S. The molecule has 17 heavy (non-hydrogen) atoms. The quantitative estimate of drug-likeness (QED) is 0.671.